The van der Waals surface area contributed by atoms with Gasteiger partial charge in [0.2, 0.25) is 0 Å². The fourth-order valence-electron chi connectivity index (χ4n) is 3.33. The number of halogens is 2. The third kappa shape index (κ3) is 3.91. The van der Waals surface area contributed by atoms with Crippen molar-refractivity contribution < 1.29 is 4.79 Å². The van der Waals surface area contributed by atoms with Crippen molar-refractivity contribution in [2.45, 2.75) is 13.8 Å². The monoisotopic (exact) mass is 464 g/mol. The molecule has 0 radical (unpaired) electrons. The molecule has 4 aromatic rings. The molecular formula is C24H18BrClN2O. The number of nitrogens with one attached hydrogen (secondary N) is 1. The Kier molecular flexibility index (Phi) is 5.39. The fraction of sp³-hybridized carbons (Fsp3) is 0.0833. The molecule has 29 heavy (non-hydrogen) atoms. The number of hydrogen-bond acceptors (Lipinski definition) is 2. The quantitative estimate of drug-likeness (QED) is 0.348. The van der Waals surface area contributed by atoms with Gasteiger partial charge in [0.15, 0.2) is 0 Å². The average molecular weight is 466 g/mol. The minimum absolute atomic E-state index is 0.197. The highest BCUT2D eigenvalue weighted by atomic mass is 79.9. The molecule has 144 valence electrons. The Hall–Kier alpha value is -2.69. The highest BCUT2D eigenvalue weighted by Crippen LogP contribution is 2.31. The van der Waals surface area contributed by atoms with Crippen molar-refractivity contribution in [1.29, 1.82) is 0 Å². The summed E-state index contributed by atoms with van der Waals surface area (Å²) < 4.78 is 0.907. The van der Waals surface area contributed by atoms with Crippen LogP contribution in [0.5, 0.6) is 0 Å². The van der Waals surface area contributed by atoms with Gasteiger partial charge < -0.3 is 5.32 Å². The summed E-state index contributed by atoms with van der Waals surface area (Å²) in [6.07, 6.45) is 0. The van der Waals surface area contributed by atoms with Crippen LogP contribution in [0.4, 0.5) is 5.69 Å². The summed E-state index contributed by atoms with van der Waals surface area (Å²) in [5, 5.41) is 4.43. The number of aryl methyl sites for hydroxylation is 1. The number of anilines is 1. The Morgan fingerprint density at radius 1 is 1.00 bits per heavy atom. The first-order valence-corrected chi connectivity index (χ1v) is 10.3. The molecule has 0 aliphatic rings. The Morgan fingerprint density at radius 3 is 2.52 bits per heavy atom. The predicted octanol–water partition coefficient (Wildman–Crippen LogP) is 7.19. The predicted molar refractivity (Wildman–Crippen MR) is 124 cm³/mol. The first-order chi connectivity index (χ1) is 13.9. The molecule has 1 aromatic heterocycles. The largest absolute Gasteiger partial charge is 0.322 e. The zero-order valence-corrected chi connectivity index (χ0v) is 18.3. The zero-order valence-electron chi connectivity index (χ0n) is 16.0. The average Bonchev–Trinajstić information content (AvgIpc) is 2.71. The van der Waals surface area contributed by atoms with E-state index in [-0.39, 0.29) is 5.91 Å². The summed E-state index contributed by atoms with van der Waals surface area (Å²) in [7, 11) is 0. The third-order valence-electron chi connectivity index (χ3n) is 4.90. The molecule has 0 aliphatic carbocycles. The molecule has 5 heteroatoms. The van der Waals surface area contributed by atoms with E-state index < -0.39 is 0 Å². The van der Waals surface area contributed by atoms with Crippen LogP contribution in [-0.4, -0.2) is 10.9 Å². The molecule has 0 bridgehead atoms. The minimum Gasteiger partial charge on any atom is -0.322 e. The zero-order chi connectivity index (χ0) is 20.5. The Balaban J connectivity index is 1.89. The number of aromatic nitrogens is 1. The van der Waals surface area contributed by atoms with Gasteiger partial charge in [0, 0.05) is 26.1 Å². The Bertz CT molecular complexity index is 1240. The molecule has 0 saturated heterocycles. The van der Waals surface area contributed by atoms with Gasteiger partial charge in [-0.15, -0.1) is 0 Å². The van der Waals surface area contributed by atoms with Crippen LogP contribution in [0.2, 0.25) is 5.02 Å². The second-order valence-electron chi connectivity index (χ2n) is 6.91. The van der Waals surface area contributed by atoms with E-state index in [2.05, 4.69) is 21.2 Å². The molecule has 3 aromatic carbocycles. The molecule has 0 spiro atoms. The van der Waals surface area contributed by atoms with Gasteiger partial charge in [0.05, 0.1) is 16.8 Å². The van der Waals surface area contributed by atoms with E-state index in [0.717, 1.165) is 37.8 Å². The molecule has 4 rings (SSSR count). The van der Waals surface area contributed by atoms with Crippen molar-refractivity contribution in [2.75, 3.05) is 5.32 Å². The fourth-order valence-corrected chi connectivity index (χ4v) is 4.08. The minimum atomic E-state index is -0.197. The lowest BCUT2D eigenvalue weighted by Crippen LogP contribution is -2.14. The molecule has 1 amide bonds. The standard InChI is InChI=1S/C24H18BrClN2O/c1-14-11-17(25)12-18-19(24(29)28-21-10-6-9-20(26)15(21)2)13-22(27-23(14)18)16-7-4-3-5-8-16/h3-13H,1-2H3,(H,28,29). The number of amides is 1. The smallest absolute Gasteiger partial charge is 0.256 e. The number of hydrogen-bond donors (Lipinski definition) is 1. The van der Waals surface area contributed by atoms with E-state index in [1.54, 1.807) is 0 Å². The summed E-state index contributed by atoms with van der Waals surface area (Å²) in [6.45, 7) is 3.89. The normalized spacial score (nSPS) is 10.9. The van der Waals surface area contributed by atoms with Crippen LogP contribution in [0.1, 0.15) is 21.5 Å². The van der Waals surface area contributed by atoms with Gasteiger partial charge in [0.1, 0.15) is 0 Å². The lowest BCUT2D eigenvalue weighted by Gasteiger charge is -2.14. The van der Waals surface area contributed by atoms with Crippen LogP contribution in [0.15, 0.2) is 71.2 Å². The lowest BCUT2D eigenvalue weighted by atomic mass is 10.0. The summed E-state index contributed by atoms with van der Waals surface area (Å²) >= 11 is 9.76. The van der Waals surface area contributed by atoms with Crippen molar-refractivity contribution in [3.63, 3.8) is 0 Å². The molecule has 0 saturated carbocycles. The molecular weight excluding hydrogens is 448 g/mol. The van der Waals surface area contributed by atoms with Crippen LogP contribution >= 0.6 is 27.5 Å². The molecule has 3 nitrogen and oxygen atoms in total. The van der Waals surface area contributed by atoms with Gasteiger partial charge in [-0.2, -0.15) is 0 Å². The third-order valence-corrected chi connectivity index (χ3v) is 5.77. The molecule has 1 N–H and O–H groups in total. The van der Waals surface area contributed by atoms with Crippen LogP contribution in [0, 0.1) is 13.8 Å². The topological polar surface area (TPSA) is 42.0 Å². The van der Waals surface area contributed by atoms with Crippen molar-refractivity contribution in [3.05, 3.63) is 92.9 Å². The first-order valence-electron chi connectivity index (χ1n) is 9.17. The van der Waals surface area contributed by atoms with Crippen LogP contribution < -0.4 is 5.32 Å². The van der Waals surface area contributed by atoms with Gasteiger partial charge >= 0.3 is 0 Å². The van der Waals surface area contributed by atoms with E-state index >= 15 is 0 Å². The summed E-state index contributed by atoms with van der Waals surface area (Å²) in [6, 6.07) is 21.1. The van der Waals surface area contributed by atoms with Crippen LogP contribution in [0.3, 0.4) is 0 Å². The second kappa shape index (κ2) is 7.97. The molecule has 0 unspecified atom stereocenters. The van der Waals surface area contributed by atoms with Crippen LogP contribution in [0.25, 0.3) is 22.2 Å². The van der Waals surface area contributed by atoms with Crippen molar-refractivity contribution in [3.8, 4) is 11.3 Å². The van der Waals surface area contributed by atoms with E-state index in [1.807, 2.05) is 80.6 Å². The summed E-state index contributed by atoms with van der Waals surface area (Å²) in [5.41, 5.74) is 5.63. The lowest BCUT2D eigenvalue weighted by molar-refractivity contribution is 0.102. The Morgan fingerprint density at radius 2 is 1.76 bits per heavy atom. The van der Waals surface area contributed by atoms with E-state index in [0.29, 0.717) is 16.3 Å². The number of carbonyl (C=O) groups is 1. The van der Waals surface area contributed by atoms with Crippen molar-refractivity contribution in [2.24, 2.45) is 0 Å². The van der Waals surface area contributed by atoms with Crippen LogP contribution in [-0.2, 0) is 0 Å². The molecule has 0 aliphatic heterocycles. The maximum Gasteiger partial charge on any atom is 0.256 e. The van der Waals surface area contributed by atoms with Gasteiger partial charge in [0.25, 0.3) is 5.91 Å². The van der Waals surface area contributed by atoms with Gasteiger partial charge in [-0.3, -0.25) is 4.79 Å². The van der Waals surface area contributed by atoms with Gasteiger partial charge in [-0.05, 0) is 55.3 Å². The summed E-state index contributed by atoms with van der Waals surface area (Å²) in [4.78, 5) is 18.1. The summed E-state index contributed by atoms with van der Waals surface area (Å²) in [5.74, 6) is -0.197. The number of pyridine rings is 1. The number of fused-ring (bicyclic) bond motifs is 1. The van der Waals surface area contributed by atoms with Gasteiger partial charge in [-0.1, -0.05) is 63.9 Å². The SMILES string of the molecule is Cc1c(Cl)cccc1NC(=O)c1cc(-c2ccccc2)nc2c(C)cc(Br)cc12. The van der Waals surface area contributed by atoms with Crippen molar-refractivity contribution in [1.82, 2.24) is 4.98 Å². The number of rotatable bonds is 3. The van der Waals surface area contributed by atoms with E-state index in [9.17, 15) is 4.79 Å². The number of nitrogens with zero attached hydrogens (tertiary/aromatic N) is 1. The highest BCUT2D eigenvalue weighted by molar-refractivity contribution is 9.10. The second-order valence-corrected chi connectivity index (χ2v) is 8.23. The van der Waals surface area contributed by atoms with Gasteiger partial charge in [-0.25, -0.2) is 4.98 Å². The maximum absolute atomic E-state index is 13.3. The molecule has 1 heterocycles. The van der Waals surface area contributed by atoms with E-state index in [4.69, 9.17) is 16.6 Å². The molecule has 0 fully saturated rings. The highest BCUT2D eigenvalue weighted by Gasteiger charge is 2.17. The van der Waals surface area contributed by atoms with Crippen molar-refractivity contribution >= 4 is 50.0 Å². The number of benzene rings is 3. The maximum atomic E-state index is 13.3. The van der Waals surface area contributed by atoms with E-state index in [1.165, 1.54) is 0 Å². The Labute approximate surface area is 182 Å². The number of carbonyl (C=O) groups excluding carboxylic acids is 1. The molecule has 0 atom stereocenters. The first kappa shape index (κ1) is 19.6.